The average molecular weight is 382 g/mol. The van der Waals surface area contributed by atoms with Gasteiger partial charge < -0.3 is 0 Å². The predicted molar refractivity (Wildman–Crippen MR) is 98.7 cm³/mol. The molecule has 8 nitrogen and oxygen atoms in total. The number of sulfonamides is 1. The predicted octanol–water partition coefficient (Wildman–Crippen LogP) is 3.13. The van der Waals surface area contributed by atoms with Crippen molar-refractivity contribution in [1.29, 1.82) is 0 Å². The summed E-state index contributed by atoms with van der Waals surface area (Å²) in [6.07, 6.45) is 1.54. The van der Waals surface area contributed by atoms with Crippen LogP contribution in [0.5, 0.6) is 0 Å². The first-order valence-electron chi connectivity index (χ1n) is 7.51. The van der Waals surface area contributed by atoms with Crippen molar-refractivity contribution in [2.24, 2.45) is 5.10 Å². The van der Waals surface area contributed by atoms with Crippen molar-refractivity contribution in [3.05, 3.63) is 50.7 Å². The molecule has 0 bridgehead atoms. The molecular weight excluding hydrogens is 364 g/mol. The van der Waals surface area contributed by atoms with Gasteiger partial charge in [0, 0.05) is 24.0 Å². The van der Waals surface area contributed by atoms with Gasteiger partial charge in [0.15, 0.2) is 0 Å². The lowest BCUT2D eigenvalue weighted by molar-refractivity contribution is -0.384. The molecular formula is C15H18N4O4S2. The summed E-state index contributed by atoms with van der Waals surface area (Å²) in [5, 5.41) is 17.2. The van der Waals surface area contributed by atoms with Crippen LogP contribution >= 0.6 is 11.3 Å². The third-order valence-electron chi connectivity index (χ3n) is 3.43. The quantitative estimate of drug-likeness (QED) is 0.429. The summed E-state index contributed by atoms with van der Waals surface area (Å²) < 4.78 is 26.3. The van der Waals surface area contributed by atoms with Crippen LogP contribution in [0.4, 0.5) is 11.4 Å². The number of hydrogen-bond acceptors (Lipinski definition) is 7. The molecule has 25 heavy (non-hydrogen) atoms. The van der Waals surface area contributed by atoms with Gasteiger partial charge in [-0.1, -0.05) is 19.9 Å². The van der Waals surface area contributed by atoms with E-state index in [-0.39, 0.29) is 29.4 Å². The molecule has 0 atom stereocenters. The zero-order chi connectivity index (χ0) is 18.4. The summed E-state index contributed by atoms with van der Waals surface area (Å²) in [5.74, 6) is 0. The van der Waals surface area contributed by atoms with Gasteiger partial charge in [0.05, 0.1) is 16.0 Å². The number of thiophene rings is 1. The number of nitro groups is 1. The highest BCUT2D eigenvalue weighted by molar-refractivity contribution is 7.89. The van der Waals surface area contributed by atoms with Crippen molar-refractivity contribution < 1.29 is 13.3 Å². The molecule has 1 aromatic heterocycles. The number of anilines is 1. The van der Waals surface area contributed by atoms with Crippen molar-refractivity contribution >= 4 is 38.9 Å². The second-order valence-electron chi connectivity index (χ2n) is 4.91. The standard InChI is InChI=1S/C15H18N4O4S2/c1-3-18(4-2)25(22,23)13-7-8-14(15(10-13)19(20)21)17-16-11-12-6-5-9-24-12/h5-11,17H,3-4H2,1-2H3/b16-11+. The molecule has 0 saturated heterocycles. The summed E-state index contributed by atoms with van der Waals surface area (Å²) in [6, 6.07) is 7.45. The van der Waals surface area contributed by atoms with E-state index in [0.717, 1.165) is 10.9 Å². The molecule has 1 heterocycles. The number of hydrazone groups is 1. The molecule has 2 aromatic rings. The number of nitro benzene ring substituents is 1. The summed E-state index contributed by atoms with van der Waals surface area (Å²) in [5.41, 5.74) is 2.37. The van der Waals surface area contributed by atoms with E-state index in [4.69, 9.17) is 0 Å². The van der Waals surface area contributed by atoms with E-state index >= 15 is 0 Å². The molecule has 0 fully saturated rings. The number of hydrogen-bond donors (Lipinski definition) is 1. The van der Waals surface area contributed by atoms with Gasteiger partial charge in [-0.2, -0.15) is 9.41 Å². The fourth-order valence-corrected chi connectivity index (χ4v) is 4.22. The Labute approximate surface area is 150 Å². The minimum absolute atomic E-state index is 0.115. The molecule has 134 valence electrons. The van der Waals surface area contributed by atoms with Gasteiger partial charge >= 0.3 is 0 Å². The van der Waals surface area contributed by atoms with E-state index in [1.807, 2.05) is 17.5 Å². The van der Waals surface area contributed by atoms with Crippen LogP contribution in [-0.4, -0.2) is 37.0 Å². The molecule has 0 amide bonds. The summed E-state index contributed by atoms with van der Waals surface area (Å²) in [7, 11) is -3.77. The highest BCUT2D eigenvalue weighted by Gasteiger charge is 2.25. The van der Waals surface area contributed by atoms with Crippen LogP contribution in [-0.2, 0) is 10.0 Å². The van der Waals surface area contributed by atoms with Crippen molar-refractivity contribution in [3.63, 3.8) is 0 Å². The van der Waals surface area contributed by atoms with Crippen molar-refractivity contribution in [2.45, 2.75) is 18.7 Å². The maximum atomic E-state index is 12.5. The lowest BCUT2D eigenvalue weighted by atomic mass is 10.3. The first-order chi connectivity index (χ1) is 11.9. The van der Waals surface area contributed by atoms with E-state index < -0.39 is 14.9 Å². The van der Waals surface area contributed by atoms with Crippen molar-refractivity contribution in [3.8, 4) is 0 Å². The Morgan fingerprint density at radius 1 is 1.32 bits per heavy atom. The van der Waals surface area contributed by atoms with E-state index in [0.29, 0.717) is 0 Å². The third-order valence-corrected chi connectivity index (χ3v) is 6.28. The van der Waals surface area contributed by atoms with Gasteiger partial charge in [-0.25, -0.2) is 8.42 Å². The van der Waals surface area contributed by atoms with Crippen molar-refractivity contribution in [1.82, 2.24) is 4.31 Å². The van der Waals surface area contributed by atoms with Crippen LogP contribution in [0.2, 0.25) is 0 Å². The van der Waals surface area contributed by atoms with Gasteiger partial charge in [0.2, 0.25) is 10.0 Å². The van der Waals surface area contributed by atoms with E-state index in [1.54, 1.807) is 13.8 Å². The Morgan fingerprint density at radius 3 is 2.60 bits per heavy atom. The summed E-state index contributed by atoms with van der Waals surface area (Å²) >= 11 is 1.47. The summed E-state index contributed by atoms with van der Waals surface area (Å²) in [6.45, 7) is 4.00. The molecule has 2 rings (SSSR count). The van der Waals surface area contributed by atoms with Crippen LogP contribution < -0.4 is 5.43 Å². The molecule has 0 aliphatic rings. The molecule has 10 heteroatoms. The zero-order valence-electron chi connectivity index (χ0n) is 13.7. The molecule has 0 saturated carbocycles. The van der Waals surface area contributed by atoms with Gasteiger partial charge in [0.1, 0.15) is 5.69 Å². The van der Waals surface area contributed by atoms with Crippen LogP contribution in [0.3, 0.4) is 0 Å². The lowest BCUT2D eigenvalue weighted by Crippen LogP contribution is -2.30. The monoisotopic (exact) mass is 382 g/mol. The highest BCUT2D eigenvalue weighted by Crippen LogP contribution is 2.29. The molecule has 1 aromatic carbocycles. The van der Waals surface area contributed by atoms with Gasteiger partial charge in [-0.3, -0.25) is 15.5 Å². The number of nitrogens with zero attached hydrogens (tertiary/aromatic N) is 3. The van der Waals surface area contributed by atoms with Crippen LogP contribution in [0.1, 0.15) is 18.7 Å². The molecule has 1 N–H and O–H groups in total. The Balaban J connectivity index is 2.33. The fraction of sp³-hybridized carbons (Fsp3) is 0.267. The van der Waals surface area contributed by atoms with Crippen molar-refractivity contribution in [2.75, 3.05) is 18.5 Å². The molecule has 0 unspecified atom stereocenters. The minimum Gasteiger partial charge on any atom is -0.272 e. The van der Waals surface area contributed by atoms with Crippen LogP contribution in [0.15, 0.2) is 45.7 Å². The van der Waals surface area contributed by atoms with E-state index in [9.17, 15) is 18.5 Å². The Hall–Kier alpha value is -2.30. The largest absolute Gasteiger partial charge is 0.295 e. The zero-order valence-corrected chi connectivity index (χ0v) is 15.4. The maximum absolute atomic E-state index is 12.5. The number of nitrogens with one attached hydrogen (secondary N) is 1. The fourth-order valence-electron chi connectivity index (χ4n) is 2.16. The van der Waals surface area contributed by atoms with Crippen LogP contribution in [0.25, 0.3) is 0 Å². The highest BCUT2D eigenvalue weighted by atomic mass is 32.2. The third kappa shape index (κ3) is 4.41. The van der Waals surface area contributed by atoms with E-state index in [1.165, 1.54) is 34.0 Å². The molecule has 0 spiro atoms. The maximum Gasteiger partial charge on any atom is 0.295 e. The molecule has 0 aliphatic heterocycles. The Morgan fingerprint density at radius 2 is 2.04 bits per heavy atom. The second kappa shape index (κ2) is 8.19. The topological polar surface area (TPSA) is 105 Å². The second-order valence-corrected chi connectivity index (χ2v) is 7.83. The first-order valence-corrected chi connectivity index (χ1v) is 9.83. The van der Waals surface area contributed by atoms with Gasteiger partial charge in [-0.15, -0.1) is 11.3 Å². The summed E-state index contributed by atoms with van der Waals surface area (Å²) in [4.78, 5) is 11.4. The average Bonchev–Trinajstić information content (AvgIpc) is 3.09. The minimum atomic E-state index is -3.77. The Bertz CT molecular complexity index is 860. The van der Waals surface area contributed by atoms with E-state index in [2.05, 4.69) is 10.5 Å². The SMILES string of the molecule is CCN(CC)S(=O)(=O)c1ccc(N/N=C/c2cccs2)c([N+](=O)[O-])c1. The Kier molecular flexibility index (Phi) is 6.23. The number of benzene rings is 1. The molecule has 0 radical (unpaired) electrons. The van der Waals surface area contributed by atoms with Gasteiger partial charge in [0.25, 0.3) is 5.69 Å². The normalized spacial score (nSPS) is 12.0. The van der Waals surface area contributed by atoms with Gasteiger partial charge in [-0.05, 0) is 23.6 Å². The molecule has 0 aliphatic carbocycles. The van der Waals surface area contributed by atoms with Crippen LogP contribution in [0, 0.1) is 10.1 Å². The smallest absolute Gasteiger partial charge is 0.272 e. The number of rotatable bonds is 8. The lowest BCUT2D eigenvalue weighted by Gasteiger charge is -2.18. The first kappa shape index (κ1) is 19.0.